The van der Waals surface area contributed by atoms with Gasteiger partial charge in [0.2, 0.25) is 5.78 Å². The van der Waals surface area contributed by atoms with Gasteiger partial charge in [-0.1, -0.05) is 13.3 Å². The smallest absolute Gasteiger partial charge is 0.200 e. The quantitative estimate of drug-likeness (QED) is 0.794. The second kappa shape index (κ2) is 5.00. The summed E-state index contributed by atoms with van der Waals surface area (Å²) in [7, 11) is 0. The predicted octanol–water partition coefficient (Wildman–Crippen LogP) is 2.01. The van der Waals surface area contributed by atoms with Gasteiger partial charge in [-0.05, 0) is 38.8 Å². The minimum Gasteiger partial charge on any atom is -0.305 e. The minimum absolute atomic E-state index is 0.219. The molecular formula is C13H21N3O. The van der Waals surface area contributed by atoms with Crippen LogP contribution < -0.4 is 5.32 Å². The molecule has 4 heteroatoms. The molecule has 0 amide bonds. The first-order chi connectivity index (χ1) is 8.23. The molecule has 94 valence electrons. The molecular weight excluding hydrogens is 214 g/mol. The lowest BCUT2D eigenvalue weighted by Crippen LogP contribution is -2.48. The summed E-state index contributed by atoms with van der Waals surface area (Å²) in [4.78, 5) is 12.7. The summed E-state index contributed by atoms with van der Waals surface area (Å²) in [5, 5.41) is 7.61. The second-order valence-electron chi connectivity index (χ2n) is 4.72. The Morgan fingerprint density at radius 2 is 2.41 bits per heavy atom. The van der Waals surface area contributed by atoms with Crippen LogP contribution in [0.5, 0.6) is 0 Å². The SMILES string of the molecule is CCCC1(C(=O)c2ccnn2CC)CCCN1. The zero-order valence-electron chi connectivity index (χ0n) is 10.7. The Kier molecular flexibility index (Phi) is 3.62. The summed E-state index contributed by atoms with van der Waals surface area (Å²) in [5.74, 6) is 0.219. The van der Waals surface area contributed by atoms with Gasteiger partial charge in [-0.25, -0.2) is 0 Å². The van der Waals surface area contributed by atoms with Crippen molar-refractivity contribution < 1.29 is 4.79 Å². The van der Waals surface area contributed by atoms with Crippen LogP contribution in [0.1, 0.15) is 50.0 Å². The first-order valence-electron chi connectivity index (χ1n) is 6.55. The fraction of sp³-hybridized carbons (Fsp3) is 0.692. The van der Waals surface area contributed by atoms with Gasteiger partial charge in [0.1, 0.15) is 5.69 Å². The van der Waals surface area contributed by atoms with Crippen molar-refractivity contribution >= 4 is 5.78 Å². The van der Waals surface area contributed by atoms with Crippen LogP contribution in [-0.4, -0.2) is 27.6 Å². The van der Waals surface area contributed by atoms with Crippen LogP contribution in [-0.2, 0) is 6.54 Å². The molecule has 1 N–H and O–H groups in total. The summed E-state index contributed by atoms with van der Waals surface area (Å²) < 4.78 is 1.79. The van der Waals surface area contributed by atoms with E-state index in [1.54, 1.807) is 10.9 Å². The number of rotatable bonds is 5. The van der Waals surface area contributed by atoms with Gasteiger partial charge in [-0.2, -0.15) is 5.10 Å². The first-order valence-corrected chi connectivity index (χ1v) is 6.55. The van der Waals surface area contributed by atoms with Crippen LogP contribution in [0.15, 0.2) is 12.3 Å². The Balaban J connectivity index is 2.28. The summed E-state index contributed by atoms with van der Waals surface area (Å²) in [6, 6.07) is 1.84. The predicted molar refractivity (Wildman–Crippen MR) is 67.1 cm³/mol. The zero-order chi connectivity index (χ0) is 12.3. The Labute approximate surface area is 102 Å². The number of nitrogens with one attached hydrogen (secondary N) is 1. The van der Waals surface area contributed by atoms with Crippen LogP contribution in [0.3, 0.4) is 0 Å². The van der Waals surface area contributed by atoms with E-state index in [0.29, 0.717) is 0 Å². The molecule has 1 fully saturated rings. The van der Waals surface area contributed by atoms with Crippen molar-refractivity contribution in [1.82, 2.24) is 15.1 Å². The maximum Gasteiger partial charge on any atom is 0.200 e. The number of carbonyl (C=O) groups is 1. The molecule has 1 aromatic heterocycles. The molecule has 0 radical (unpaired) electrons. The zero-order valence-corrected chi connectivity index (χ0v) is 10.7. The first kappa shape index (κ1) is 12.3. The van der Waals surface area contributed by atoms with Crippen molar-refractivity contribution in [3.8, 4) is 0 Å². The maximum atomic E-state index is 12.7. The number of hydrogen-bond acceptors (Lipinski definition) is 3. The van der Waals surface area contributed by atoms with Gasteiger partial charge in [0.25, 0.3) is 0 Å². The Hall–Kier alpha value is -1.16. The van der Waals surface area contributed by atoms with Crippen LogP contribution in [0, 0.1) is 0 Å². The van der Waals surface area contributed by atoms with Crippen LogP contribution in [0.25, 0.3) is 0 Å². The topological polar surface area (TPSA) is 46.9 Å². The third-order valence-electron chi connectivity index (χ3n) is 3.60. The lowest BCUT2D eigenvalue weighted by atomic mass is 9.85. The number of Topliss-reactive ketones (excluding diaryl/α,β-unsaturated/α-hetero) is 1. The normalized spacial score (nSPS) is 24.1. The van der Waals surface area contributed by atoms with Gasteiger partial charge in [-0.3, -0.25) is 9.48 Å². The van der Waals surface area contributed by atoms with Gasteiger partial charge in [-0.15, -0.1) is 0 Å². The number of nitrogens with zero attached hydrogens (tertiary/aromatic N) is 2. The third kappa shape index (κ3) is 2.14. The van der Waals surface area contributed by atoms with Crippen LogP contribution >= 0.6 is 0 Å². The Bertz CT molecular complexity index is 391. The van der Waals surface area contributed by atoms with Gasteiger partial charge >= 0.3 is 0 Å². The third-order valence-corrected chi connectivity index (χ3v) is 3.60. The van der Waals surface area contributed by atoms with E-state index in [-0.39, 0.29) is 11.3 Å². The molecule has 1 unspecified atom stereocenters. The van der Waals surface area contributed by atoms with Gasteiger partial charge < -0.3 is 5.32 Å². The Morgan fingerprint density at radius 3 is 3.00 bits per heavy atom. The van der Waals surface area contributed by atoms with E-state index in [0.717, 1.165) is 44.5 Å². The molecule has 1 saturated heterocycles. The van der Waals surface area contributed by atoms with E-state index in [4.69, 9.17) is 0 Å². The molecule has 2 heterocycles. The maximum absolute atomic E-state index is 12.7. The highest BCUT2D eigenvalue weighted by Crippen LogP contribution is 2.28. The molecule has 1 aliphatic rings. The van der Waals surface area contributed by atoms with E-state index in [1.165, 1.54) is 0 Å². The molecule has 0 aromatic carbocycles. The average Bonchev–Trinajstić information content (AvgIpc) is 2.97. The summed E-state index contributed by atoms with van der Waals surface area (Å²) in [6.07, 6.45) is 5.70. The van der Waals surface area contributed by atoms with Gasteiger partial charge in [0.15, 0.2) is 0 Å². The number of carbonyl (C=O) groups excluding carboxylic acids is 1. The molecule has 4 nitrogen and oxygen atoms in total. The van der Waals surface area contributed by atoms with Crippen molar-refractivity contribution in [1.29, 1.82) is 0 Å². The molecule has 1 aromatic rings. The monoisotopic (exact) mass is 235 g/mol. The lowest BCUT2D eigenvalue weighted by molar-refractivity contribution is 0.0846. The number of hydrogen-bond donors (Lipinski definition) is 1. The number of ketones is 1. The highest BCUT2D eigenvalue weighted by atomic mass is 16.1. The molecule has 0 bridgehead atoms. The molecule has 2 rings (SSSR count). The summed E-state index contributed by atoms with van der Waals surface area (Å²) in [6.45, 7) is 5.84. The molecule has 1 atom stereocenters. The van der Waals surface area contributed by atoms with Crippen molar-refractivity contribution in [2.45, 2.75) is 51.6 Å². The van der Waals surface area contributed by atoms with E-state index in [9.17, 15) is 4.79 Å². The van der Waals surface area contributed by atoms with E-state index < -0.39 is 0 Å². The number of aromatic nitrogens is 2. The van der Waals surface area contributed by atoms with Crippen molar-refractivity contribution in [3.05, 3.63) is 18.0 Å². The van der Waals surface area contributed by atoms with Gasteiger partial charge in [0.05, 0.1) is 5.54 Å². The minimum atomic E-state index is -0.332. The largest absolute Gasteiger partial charge is 0.305 e. The highest BCUT2D eigenvalue weighted by Gasteiger charge is 2.41. The van der Waals surface area contributed by atoms with Crippen molar-refractivity contribution in [2.24, 2.45) is 0 Å². The van der Waals surface area contributed by atoms with Crippen molar-refractivity contribution in [3.63, 3.8) is 0 Å². The standard InChI is InChI=1S/C13H21N3O/c1-3-7-13(8-5-9-14-13)12(17)11-6-10-15-16(11)4-2/h6,10,14H,3-5,7-9H2,1-2H3. The molecule has 0 aliphatic carbocycles. The van der Waals surface area contributed by atoms with Crippen LogP contribution in [0.4, 0.5) is 0 Å². The summed E-state index contributed by atoms with van der Waals surface area (Å²) in [5.41, 5.74) is 0.414. The number of aryl methyl sites for hydroxylation is 1. The molecule has 0 saturated carbocycles. The fourth-order valence-corrected chi connectivity index (χ4v) is 2.78. The molecule has 17 heavy (non-hydrogen) atoms. The lowest BCUT2D eigenvalue weighted by Gasteiger charge is -2.27. The highest BCUT2D eigenvalue weighted by molar-refractivity contribution is 6.02. The summed E-state index contributed by atoms with van der Waals surface area (Å²) >= 11 is 0. The molecule has 0 spiro atoms. The average molecular weight is 235 g/mol. The van der Waals surface area contributed by atoms with Crippen molar-refractivity contribution in [2.75, 3.05) is 6.54 Å². The molecule has 1 aliphatic heterocycles. The van der Waals surface area contributed by atoms with Crippen LogP contribution in [0.2, 0.25) is 0 Å². The Morgan fingerprint density at radius 1 is 1.59 bits per heavy atom. The van der Waals surface area contributed by atoms with Gasteiger partial charge in [0, 0.05) is 12.7 Å². The van der Waals surface area contributed by atoms with E-state index in [2.05, 4.69) is 17.3 Å². The fourth-order valence-electron chi connectivity index (χ4n) is 2.78. The second-order valence-corrected chi connectivity index (χ2v) is 4.72. The van der Waals surface area contributed by atoms with E-state index in [1.807, 2.05) is 13.0 Å². The van der Waals surface area contributed by atoms with E-state index >= 15 is 0 Å².